The molecule has 158 valence electrons. The highest BCUT2D eigenvalue weighted by Gasteiger charge is 2.34. The van der Waals surface area contributed by atoms with Gasteiger partial charge >= 0.3 is 0 Å². The first-order valence-electron chi connectivity index (χ1n) is 10.4. The molecule has 2 unspecified atom stereocenters. The summed E-state index contributed by atoms with van der Waals surface area (Å²) in [6.45, 7) is 0. The maximum absolute atomic E-state index is 12.7. The van der Waals surface area contributed by atoms with Gasteiger partial charge in [0.15, 0.2) is 11.6 Å². The van der Waals surface area contributed by atoms with Gasteiger partial charge in [-0.15, -0.1) is 0 Å². The van der Waals surface area contributed by atoms with Crippen molar-refractivity contribution in [2.24, 2.45) is 11.8 Å². The normalized spacial score (nSPS) is 18.3. The molecule has 0 radical (unpaired) electrons. The summed E-state index contributed by atoms with van der Waals surface area (Å²) < 4.78 is 10.2. The van der Waals surface area contributed by atoms with E-state index in [-0.39, 0.29) is 29.2 Å². The molecule has 2 aromatic carbocycles. The van der Waals surface area contributed by atoms with E-state index in [1.54, 1.807) is 62.8 Å². The zero-order valence-corrected chi connectivity index (χ0v) is 17.6. The Hall–Kier alpha value is -2.95. The third kappa shape index (κ3) is 5.35. The summed E-state index contributed by atoms with van der Waals surface area (Å²) in [6, 6.07) is 14.1. The van der Waals surface area contributed by atoms with Gasteiger partial charge in [-0.3, -0.25) is 14.4 Å². The fourth-order valence-electron chi connectivity index (χ4n) is 4.05. The van der Waals surface area contributed by atoms with Gasteiger partial charge in [-0.2, -0.15) is 0 Å². The molecular weight excluding hydrogens is 380 g/mol. The SMILES string of the molecule is COc1ccc(C(=O)CCC2CCC(CCC(=O)c3ccc(OC)cc3)C2=O)cc1. The summed E-state index contributed by atoms with van der Waals surface area (Å²) in [5.74, 6) is 1.57. The molecule has 1 aliphatic carbocycles. The van der Waals surface area contributed by atoms with Gasteiger partial charge in [0.2, 0.25) is 0 Å². The Morgan fingerprint density at radius 3 is 1.43 bits per heavy atom. The zero-order valence-electron chi connectivity index (χ0n) is 17.6. The monoisotopic (exact) mass is 408 g/mol. The lowest BCUT2D eigenvalue weighted by atomic mass is 9.92. The lowest BCUT2D eigenvalue weighted by Crippen LogP contribution is -2.16. The number of Topliss-reactive ketones (excluding diaryl/α,β-unsaturated/α-hetero) is 3. The van der Waals surface area contributed by atoms with Crippen LogP contribution in [0, 0.1) is 11.8 Å². The van der Waals surface area contributed by atoms with Crippen molar-refractivity contribution in [3.63, 3.8) is 0 Å². The van der Waals surface area contributed by atoms with E-state index in [0.29, 0.717) is 48.3 Å². The molecular formula is C25H28O5. The van der Waals surface area contributed by atoms with Crippen LogP contribution in [0.4, 0.5) is 0 Å². The minimum absolute atomic E-state index is 0.0450. The van der Waals surface area contributed by atoms with Crippen molar-refractivity contribution in [3.05, 3.63) is 59.7 Å². The van der Waals surface area contributed by atoms with Crippen molar-refractivity contribution in [3.8, 4) is 11.5 Å². The van der Waals surface area contributed by atoms with Crippen molar-refractivity contribution >= 4 is 17.3 Å². The van der Waals surface area contributed by atoms with E-state index in [2.05, 4.69) is 0 Å². The number of ether oxygens (including phenoxy) is 2. The number of ketones is 3. The summed E-state index contributed by atoms with van der Waals surface area (Å²) in [6.07, 6.45) is 3.48. The van der Waals surface area contributed by atoms with Crippen LogP contribution in [0.15, 0.2) is 48.5 Å². The molecule has 1 aliphatic rings. The molecule has 5 heteroatoms. The van der Waals surface area contributed by atoms with Gasteiger partial charge in [0.05, 0.1) is 14.2 Å². The van der Waals surface area contributed by atoms with E-state index in [1.165, 1.54) is 0 Å². The number of methoxy groups -OCH3 is 2. The fraction of sp³-hybridized carbons (Fsp3) is 0.400. The molecule has 0 heterocycles. The fourth-order valence-corrected chi connectivity index (χ4v) is 4.05. The van der Waals surface area contributed by atoms with Crippen molar-refractivity contribution in [1.82, 2.24) is 0 Å². The Morgan fingerprint density at radius 2 is 1.10 bits per heavy atom. The summed E-state index contributed by atoms with van der Waals surface area (Å²) >= 11 is 0. The average Bonchev–Trinajstić information content (AvgIpc) is 3.15. The molecule has 1 saturated carbocycles. The highest BCUT2D eigenvalue weighted by atomic mass is 16.5. The molecule has 0 aromatic heterocycles. The Bertz CT molecular complexity index is 809. The number of benzene rings is 2. The molecule has 1 fully saturated rings. The molecule has 0 saturated heterocycles. The van der Waals surface area contributed by atoms with Gasteiger partial charge in [-0.25, -0.2) is 0 Å². The molecule has 3 rings (SSSR count). The Morgan fingerprint density at radius 1 is 0.733 bits per heavy atom. The minimum Gasteiger partial charge on any atom is -0.497 e. The van der Waals surface area contributed by atoms with Crippen LogP contribution in [0.3, 0.4) is 0 Å². The van der Waals surface area contributed by atoms with Crippen LogP contribution in [0.2, 0.25) is 0 Å². The van der Waals surface area contributed by atoms with Gasteiger partial charge in [0.1, 0.15) is 17.3 Å². The third-order valence-corrected chi connectivity index (χ3v) is 5.93. The first-order valence-corrected chi connectivity index (χ1v) is 10.4. The van der Waals surface area contributed by atoms with Crippen LogP contribution >= 0.6 is 0 Å². The van der Waals surface area contributed by atoms with Crippen LogP contribution in [0.1, 0.15) is 59.2 Å². The van der Waals surface area contributed by atoms with Gasteiger partial charge < -0.3 is 9.47 Å². The number of carbonyl (C=O) groups excluding carboxylic acids is 3. The maximum Gasteiger partial charge on any atom is 0.162 e. The molecule has 2 atom stereocenters. The number of hydrogen-bond acceptors (Lipinski definition) is 5. The van der Waals surface area contributed by atoms with E-state index in [4.69, 9.17) is 9.47 Å². The number of carbonyl (C=O) groups is 3. The van der Waals surface area contributed by atoms with Crippen molar-refractivity contribution in [2.75, 3.05) is 14.2 Å². The minimum atomic E-state index is -0.0757. The first kappa shape index (κ1) is 21.8. The molecule has 0 aliphatic heterocycles. The quantitative estimate of drug-likeness (QED) is 0.522. The van der Waals surface area contributed by atoms with Crippen LogP contribution < -0.4 is 9.47 Å². The Kier molecular flexibility index (Phi) is 7.39. The topological polar surface area (TPSA) is 69.7 Å². The smallest absolute Gasteiger partial charge is 0.162 e. The average molecular weight is 408 g/mol. The Labute approximate surface area is 177 Å². The largest absolute Gasteiger partial charge is 0.497 e. The van der Waals surface area contributed by atoms with Gasteiger partial charge in [0.25, 0.3) is 0 Å². The van der Waals surface area contributed by atoms with E-state index in [9.17, 15) is 14.4 Å². The summed E-state index contributed by atoms with van der Waals surface area (Å²) in [5, 5.41) is 0. The lowest BCUT2D eigenvalue weighted by molar-refractivity contribution is -0.124. The zero-order chi connectivity index (χ0) is 21.5. The van der Waals surface area contributed by atoms with Crippen LogP contribution in [-0.4, -0.2) is 31.6 Å². The summed E-state index contributed by atoms with van der Waals surface area (Å²) in [4.78, 5) is 37.5. The lowest BCUT2D eigenvalue weighted by Gasteiger charge is -2.11. The highest BCUT2D eigenvalue weighted by Crippen LogP contribution is 2.34. The number of hydrogen-bond donors (Lipinski definition) is 0. The molecule has 2 aromatic rings. The number of rotatable bonds is 10. The Balaban J connectivity index is 1.45. The molecule has 0 N–H and O–H groups in total. The molecule has 5 nitrogen and oxygen atoms in total. The van der Waals surface area contributed by atoms with Gasteiger partial charge in [0, 0.05) is 35.8 Å². The van der Waals surface area contributed by atoms with Gasteiger partial charge in [-0.1, -0.05) is 0 Å². The van der Waals surface area contributed by atoms with Crippen LogP contribution in [0.25, 0.3) is 0 Å². The molecule has 0 amide bonds. The van der Waals surface area contributed by atoms with E-state index in [1.807, 2.05) is 0 Å². The van der Waals surface area contributed by atoms with Gasteiger partial charge in [-0.05, 0) is 74.2 Å². The summed E-state index contributed by atoms with van der Waals surface area (Å²) in [7, 11) is 3.17. The standard InChI is InChI=1S/C25H28O5/c1-29-21-11-5-17(6-12-21)23(26)15-9-19-3-4-20(25(19)28)10-16-24(27)18-7-13-22(30-2)14-8-18/h5-8,11-14,19-20H,3-4,9-10,15-16H2,1-2H3. The van der Waals surface area contributed by atoms with Crippen molar-refractivity contribution < 1.29 is 23.9 Å². The van der Waals surface area contributed by atoms with E-state index in [0.717, 1.165) is 12.8 Å². The predicted molar refractivity (Wildman–Crippen MR) is 114 cm³/mol. The van der Waals surface area contributed by atoms with Crippen molar-refractivity contribution in [1.29, 1.82) is 0 Å². The second-order valence-electron chi connectivity index (χ2n) is 7.75. The van der Waals surface area contributed by atoms with Crippen LogP contribution in [-0.2, 0) is 4.79 Å². The van der Waals surface area contributed by atoms with Crippen molar-refractivity contribution in [2.45, 2.75) is 38.5 Å². The van der Waals surface area contributed by atoms with E-state index >= 15 is 0 Å². The maximum atomic E-state index is 12.7. The van der Waals surface area contributed by atoms with Crippen LogP contribution in [0.5, 0.6) is 11.5 Å². The summed E-state index contributed by atoms with van der Waals surface area (Å²) in [5.41, 5.74) is 1.28. The molecule has 30 heavy (non-hydrogen) atoms. The van der Waals surface area contributed by atoms with E-state index < -0.39 is 0 Å². The molecule has 0 spiro atoms. The second kappa shape index (κ2) is 10.2. The second-order valence-corrected chi connectivity index (χ2v) is 7.75. The highest BCUT2D eigenvalue weighted by molar-refractivity contribution is 5.97. The predicted octanol–water partition coefficient (Wildman–Crippen LogP) is 4.93. The first-order chi connectivity index (χ1) is 14.5. The molecule has 0 bridgehead atoms. The third-order valence-electron chi connectivity index (χ3n) is 5.93.